The first-order valence-corrected chi connectivity index (χ1v) is 5.84. The Kier molecular flexibility index (Phi) is 4.22. The van der Waals surface area contributed by atoms with Crippen molar-refractivity contribution in [2.45, 2.75) is 31.7 Å². The van der Waals surface area contributed by atoms with Crippen LogP contribution >= 0.6 is 0 Å². The highest BCUT2D eigenvalue weighted by atomic mass is 16.5. The summed E-state index contributed by atoms with van der Waals surface area (Å²) in [6.45, 7) is 4.86. The Morgan fingerprint density at radius 2 is 2.00 bits per heavy atom. The van der Waals surface area contributed by atoms with Crippen molar-refractivity contribution in [3.05, 3.63) is 0 Å². The van der Waals surface area contributed by atoms with Gasteiger partial charge in [0.2, 0.25) is 0 Å². The van der Waals surface area contributed by atoms with Gasteiger partial charge in [0.1, 0.15) is 0 Å². The first kappa shape index (κ1) is 10.4. The van der Waals surface area contributed by atoms with Gasteiger partial charge in [-0.2, -0.15) is 0 Å². The van der Waals surface area contributed by atoms with Gasteiger partial charge in [0, 0.05) is 25.9 Å². The van der Waals surface area contributed by atoms with Crippen molar-refractivity contribution in [3.63, 3.8) is 0 Å². The second-order valence-corrected chi connectivity index (χ2v) is 4.39. The molecule has 1 N–H and O–H groups in total. The monoisotopic (exact) mass is 199 g/mol. The van der Waals surface area contributed by atoms with Crippen LogP contribution < -0.4 is 5.32 Å². The summed E-state index contributed by atoms with van der Waals surface area (Å²) in [6, 6.07) is 0.620. The number of rotatable bonds is 4. The van der Waals surface area contributed by atoms with E-state index in [9.17, 15) is 0 Å². The maximum absolute atomic E-state index is 5.74. The molecule has 14 heavy (non-hydrogen) atoms. The van der Waals surface area contributed by atoms with Gasteiger partial charge in [-0.25, -0.2) is 0 Å². The van der Waals surface area contributed by atoms with Gasteiger partial charge in [0.05, 0.1) is 6.61 Å². The average molecular weight is 199 g/mol. The highest BCUT2D eigenvalue weighted by Crippen LogP contribution is 2.15. The van der Waals surface area contributed by atoms with Crippen molar-refractivity contribution in [1.82, 2.24) is 5.32 Å². The Balaban J connectivity index is 1.52. The zero-order valence-corrected chi connectivity index (χ0v) is 8.84. The Hall–Kier alpha value is -0.120. The van der Waals surface area contributed by atoms with E-state index >= 15 is 0 Å². The van der Waals surface area contributed by atoms with Crippen molar-refractivity contribution < 1.29 is 9.47 Å². The third-order valence-corrected chi connectivity index (χ3v) is 3.18. The van der Waals surface area contributed by atoms with Gasteiger partial charge in [-0.15, -0.1) is 0 Å². The zero-order chi connectivity index (χ0) is 9.64. The highest BCUT2D eigenvalue weighted by molar-refractivity contribution is 4.73. The summed E-state index contributed by atoms with van der Waals surface area (Å²) in [5.74, 6) is 0.741. The summed E-state index contributed by atoms with van der Waals surface area (Å²) in [5.41, 5.74) is 0. The van der Waals surface area contributed by atoms with Crippen LogP contribution in [0.25, 0.3) is 0 Å². The van der Waals surface area contributed by atoms with Gasteiger partial charge in [0.15, 0.2) is 0 Å². The summed E-state index contributed by atoms with van der Waals surface area (Å²) in [4.78, 5) is 0. The second-order valence-electron chi connectivity index (χ2n) is 4.39. The lowest BCUT2D eigenvalue weighted by molar-refractivity contribution is 0.0164. The first-order chi connectivity index (χ1) is 6.95. The topological polar surface area (TPSA) is 30.5 Å². The zero-order valence-electron chi connectivity index (χ0n) is 8.84. The number of hydrogen-bond donors (Lipinski definition) is 1. The van der Waals surface area contributed by atoms with E-state index in [0.29, 0.717) is 6.04 Å². The summed E-state index contributed by atoms with van der Waals surface area (Å²) in [7, 11) is 0. The number of hydrogen-bond acceptors (Lipinski definition) is 3. The minimum Gasteiger partial charge on any atom is -0.381 e. The molecular weight excluding hydrogens is 178 g/mol. The van der Waals surface area contributed by atoms with E-state index in [4.69, 9.17) is 9.47 Å². The quantitative estimate of drug-likeness (QED) is 0.737. The molecular formula is C11H21NO2. The van der Waals surface area contributed by atoms with Crippen LogP contribution in [0.3, 0.4) is 0 Å². The molecule has 0 saturated carbocycles. The summed E-state index contributed by atoms with van der Waals surface area (Å²) in [6.07, 6.45) is 4.95. The highest BCUT2D eigenvalue weighted by Gasteiger charge is 2.17. The van der Waals surface area contributed by atoms with Gasteiger partial charge in [-0.3, -0.25) is 0 Å². The van der Waals surface area contributed by atoms with Crippen molar-refractivity contribution >= 4 is 0 Å². The van der Waals surface area contributed by atoms with Crippen LogP contribution in [-0.4, -0.2) is 39.0 Å². The van der Waals surface area contributed by atoms with E-state index in [-0.39, 0.29) is 0 Å². The van der Waals surface area contributed by atoms with Crippen molar-refractivity contribution in [2.75, 3.05) is 33.0 Å². The fourth-order valence-corrected chi connectivity index (χ4v) is 2.19. The molecule has 0 amide bonds. The molecule has 0 aromatic carbocycles. The molecule has 1 atom stereocenters. The average Bonchev–Trinajstić information content (AvgIpc) is 2.72. The van der Waals surface area contributed by atoms with E-state index in [1.165, 1.54) is 32.2 Å². The number of nitrogens with one attached hydrogen (secondary N) is 1. The third-order valence-electron chi connectivity index (χ3n) is 3.18. The SMILES string of the molecule is C1CN[C@H](COCC2CCOCC2)C1. The molecule has 0 aromatic rings. The molecule has 0 unspecified atom stereocenters. The van der Waals surface area contributed by atoms with Crippen LogP contribution in [0.2, 0.25) is 0 Å². The Bertz CT molecular complexity index is 151. The van der Waals surface area contributed by atoms with Crippen LogP contribution in [-0.2, 0) is 9.47 Å². The van der Waals surface area contributed by atoms with E-state index in [1.54, 1.807) is 0 Å². The number of ether oxygens (including phenoxy) is 2. The van der Waals surface area contributed by atoms with Gasteiger partial charge in [-0.1, -0.05) is 0 Å². The van der Waals surface area contributed by atoms with Crippen molar-refractivity contribution in [1.29, 1.82) is 0 Å². The molecule has 2 rings (SSSR count). The molecule has 2 aliphatic rings. The lowest BCUT2D eigenvalue weighted by Gasteiger charge is -2.22. The minimum absolute atomic E-state index is 0.620. The second kappa shape index (κ2) is 5.69. The molecule has 2 saturated heterocycles. The Morgan fingerprint density at radius 1 is 1.14 bits per heavy atom. The fraction of sp³-hybridized carbons (Fsp3) is 1.00. The third kappa shape index (κ3) is 3.23. The van der Waals surface area contributed by atoms with Crippen LogP contribution in [0.1, 0.15) is 25.7 Å². The molecule has 0 bridgehead atoms. The summed E-state index contributed by atoms with van der Waals surface area (Å²) in [5, 5.41) is 3.44. The van der Waals surface area contributed by atoms with Crippen LogP contribution in [0, 0.1) is 5.92 Å². The van der Waals surface area contributed by atoms with E-state index < -0.39 is 0 Å². The molecule has 0 radical (unpaired) electrons. The summed E-state index contributed by atoms with van der Waals surface area (Å²) >= 11 is 0. The van der Waals surface area contributed by atoms with E-state index in [1.807, 2.05) is 0 Å². The van der Waals surface area contributed by atoms with Gasteiger partial charge >= 0.3 is 0 Å². The Morgan fingerprint density at radius 3 is 2.71 bits per heavy atom. The maximum atomic E-state index is 5.74. The molecule has 3 heteroatoms. The molecule has 2 fully saturated rings. The smallest absolute Gasteiger partial charge is 0.0619 e. The van der Waals surface area contributed by atoms with Crippen molar-refractivity contribution in [2.24, 2.45) is 5.92 Å². The molecule has 82 valence electrons. The summed E-state index contributed by atoms with van der Waals surface area (Å²) < 4.78 is 11.1. The molecule has 2 heterocycles. The standard InChI is InChI=1S/C11H21NO2/c1-2-11(12-5-1)9-14-8-10-3-6-13-7-4-10/h10-12H,1-9H2/t11-/m0/s1. The lowest BCUT2D eigenvalue weighted by Crippen LogP contribution is -2.29. The predicted molar refractivity (Wildman–Crippen MR) is 55.4 cm³/mol. The van der Waals surface area contributed by atoms with Crippen molar-refractivity contribution in [3.8, 4) is 0 Å². The molecule has 2 aliphatic heterocycles. The van der Waals surface area contributed by atoms with Crippen LogP contribution in [0.15, 0.2) is 0 Å². The molecule has 0 aromatic heterocycles. The first-order valence-electron chi connectivity index (χ1n) is 5.84. The lowest BCUT2D eigenvalue weighted by atomic mass is 10.0. The van der Waals surface area contributed by atoms with Crippen LogP contribution in [0.5, 0.6) is 0 Å². The maximum Gasteiger partial charge on any atom is 0.0619 e. The van der Waals surface area contributed by atoms with E-state index in [0.717, 1.165) is 32.3 Å². The molecule has 0 spiro atoms. The fourth-order valence-electron chi connectivity index (χ4n) is 2.19. The van der Waals surface area contributed by atoms with E-state index in [2.05, 4.69) is 5.32 Å². The van der Waals surface area contributed by atoms with Gasteiger partial charge in [0.25, 0.3) is 0 Å². The molecule has 3 nitrogen and oxygen atoms in total. The largest absolute Gasteiger partial charge is 0.381 e. The van der Waals surface area contributed by atoms with Gasteiger partial charge < -0.3 is 14.8 Å². The van der Waals surface area contributed by atoms with Gasteiger partial charge in [-0.05, 0) is 38.1 Å². The predicted octanol–water partition coefficient (Wildman–Crippen LogP) is 1.18. The Labute approximate surface area is 86.2 Å². The van der Waals surface area contributed by atoms with Crippen LogP contribution in [0.4, 0.5) is 0 Å². The molecule has 0 aliphatic carbocycles. The normalized spacial score (nSPS) is 29.6. The minimum atomic E-state index is 0.620.